The molecule has 11 aromatic rings. The van der Waals surface area contributed by atoms with E-state index in [0.29, 0.717) is 17.4 Å². The van der Waals surface area contributed by atoms with E-state index in [1.807, 2.05) is 69.4 Å². The van der Waals surface area contributed by atoms with E-state index in [1.165, 1.54) is 49.8 Å². The predicted molar refractivity (Wildman–Crippen MR) is 281 cm³/mol. The second-order valence-electron chi connectivity index (χ2n) is 19.0. The van der Waals surface area contributed by atoms with Gasteiger partial charge in [0.2, 0.25) is 0 Å². The molecule has 0 bridgehead atoms. The molecule has 0 unspecified atom stereocenters. The van der Waals surface area contributed by atoms with Gasteiger partial charge in [-0.05, 0) is 103 Å². The molecule has 0 amide bonds. The summed E-state index contributed by atoms with van der Waals surface area (Å²) in [6.45, 7) is 14.8. The molecular formula is C63H55IrN3O-2. The van der Waals surface area contributed by atoms with E-state index in [-0.39, 0.29) is 20.1 Å². The molecule has 339 valence electrons. The first kappa shape index (κ1) is 43.6. The van der Waals surface area contributed by atoms with Crippen LogP contribution in [-0.4, -0.2) is 14.5 Å². The van der Waals surface area contributed by atoms with Crippen molar-refractivity contribution in [2.24, 2.45) is 5.41 Å². The van der Waals surface area contributed by atoms with Gasteiger partial charge in [-0.15, -0.1) is 54.1 Å². The number of fused-ring (bicyclic) bond motifs is 7. The van der Waals surface area contributed by atoms with Gasteiger partial charge in [-0.1, -0.05) is 169 Å². The first-order valence-electron chi connectivity index (χ1n) is 24.3. The van der Waals surface area contributed by atoms with Crippen LogP contribution in [0.15, 0.2) is 187 Å². The number of hydrogen-bond acceptors (Lipinski definition) is 3. The van der Waals surface area contributed by atoms with Gasteiger partial charge < -0.3 is 14.0 Å². The van der Waals surface area contributed by atoms with Crippen LogP contribution in [0.1, 0.15) is 79.7 Å². The summed E-state index contributed by atoms with van der Waals surface area (Å²) in [6, 6.07) is 63.6. The summed E-state index contributed by atoms with van der Waals surface area (Å²) in [5.74, 6) is 1.42. The summed E-state index contributed by atoms with van der Waals surface area (Å²) in [4.78, 5) is 9.35. The minimum Gasteiger partial charge on any atom is -0.500 e. The Morgan fingerprint density at radius 1 is 0.618 bits per heavy atom. The minimum atomic E-state index is -1.40. The van der Waals surface area contributed by atoms with Gasteiger partial charge in [-0.2, -0.15) is 0 Å². The molecule has 1 radical (unpaired) electrons. The SMILES string of the molecule is CC(C)c1cc(-c2ccccc2)cc(C(C)C)c1-n1ccnc1-c1[c-]ccc2c1oc1c2ccc2cc(-c3ccccc3)c3ccccc3c21.[2H]C([2H])(c1ccc(-c2[c-]cccc2)nc1)C(C)(C)C.[Ir]. The van der Waals surface area contributed by atoms with E-state index < -0.39 is 11.8 Å². The Hall–Kier alpha value is -6.91. The average molecular weight is 1060 g/mol. The summed E-state index contributed by atoms with van der Waals surface area (Å²) in [5, 5.41) is 6.84. The maximum atomic E-state index is 8.21. The Balaban J connectivity index is 0.000000257. The summed E-state index contributed by atoms with van der Waals surface area (Å²) in [5.41, 5.74) is 13.1. The molecule has 0 spiro atoms. The van der Waals surface area contributed by atoms with Crippen LogP contribution in [0.5, 0.6) is 0 Å². The molecule has 8 aromatic carbocycles. The van der Waals surface area contributed by atoms with Crippen molar-refractivity contribution < 1.29 is 27.3 Å². The number of imidazole rings is 1. The number of hydrogen-bond donors (Lipinski definition) is 0. The second-order valence-corrected chi connectivity index (χ2v) is 19.0. The first-order valence-corrected chi connectivity index (χ1v) is 23.3. The molecule has 0 N–H and O–H groups in total. The zero-order valence-corrected chi connectivity index (χ0v) is 42.0. The summed E-state index contributed by atoms with van der Waals surface area (Å²) < 4.78 is 25.7. The Kier molecular flexibility index (Phi) is 12.4. The molecule has 4 nitrogen and oxygen atoms in total. The standard InChI is InChI=1S/C47H37N2O.C16H18N.Ir/c1-29(2)40-27-34(31-14-7-5-8-15-31)28-41(30(3)4)44(40)49-25-24-48-47(49)39-21-13-20-37-38-23-22-33-26-42(32-16-9-6-10-17-32)35-18-11-12-19-36(35)43(33)46(38)50-45(37)39;1-16(2,3)11-13-9-10-15(17-12-13)14-7-5-4-6-8-14;/h5-20,22-30H,1-4H3;4-7,9-10,12H,11H2,1-3H3;/q2*-1;/i;11D2;. The van der Waals surface area contributed by atoms with Gasteiger partial charge in [0, 0.05) is 57.9 Å². The van der Waals surface area contributed by atoms with E-state index in [9.17, 15) is 0 Å². The number of nitrogens with zero attached hydrogens (tertiary/aromatic N) is 3. The Morgan fingerprint density at radius 3 is 1.93 bits per heavy atom. The van der Waals surface area contributed by atoms with Crippen LogP contribution in [0.2, 0.25) is 0 Å². The van der Waals surface area contributed by atoms with E-state index >= 15 is 0 Å². The molecule has 0 aliphatic carbocycles. The third-order valence-electron chi connectivity index (χ3n) is 12.4. The molecule has 0 saturated heterocycles. The van der Waals surface area contributed by atoms with Crippen LogP contribution < -0.4 is 0 Å². The second kappa shape index (κ2) is 19.4. The van der Waals surface area contributed by atoms with Gasteiger partial charge in [-0.3, -0.25) is 4.98 Å². The van der Waals surface area contributed by atoms with Crippen molar-refractivity contribution in [2.75, 3.05) is 0 Å². The molecule has 0 fully saturated rings. The van der Waals surface area contributed by atoms with Gasteiger partial charge in [0.05, 0.1) is 11.4 Å². The van der Waals surface area contributed by atoms with Crippen molar-refractivity contribution in [1.82, 2.24) is 14.5 Å². The number of rotatable bonds is 8. The van der Waals surface area contributed by atoms with E-state index in [2.05, 4.69) is 177 Å². The zero-order chi connectivity index (χ0) is 48.0. The molecule has 0 aliphatic rings. The fourth-order valence-corrected chi connectivity index (χ4v) is 9.33. The normalized spacial score (nSPS) is 12.3. The Bertz CT molecular complexity index is 3580. The van der Waals surface area contributed by atoms with Crippen molar-refractivity contribution in [3.8, 4) is 50.6 Å². The van der Waals surface area contributed by atoms with Crippen LogP contribution in [0.3, 0.4) is 0 Å². The maximum Gasteiger partial charge on any atom is 0.129 e. The largest absolute Gasteiger partial charge is 0.500 e. The number of pyridine rings is 1. The molecule has 11 rings (SSSR count). The maximum absolute atomic E-state index is 8.21. The van der Waals surface area contributed by atoms with Crippen LogP contribution in [0, 0.1) is 17.5 Å². The smallest absolute Gasteiger partial charge is 0.129 e. The third-order valence-corrected chi connectivity index (χ3v) is 12.4. The third kappa shape index (κ3) is 9.09. The van der Waals surface area contributed by atoms with Crippen molar-refractivity contribution in [2.45, 2.75) is 66.7 Å². The van der Waals surface area contributed by atoms with Crippen molar-refractivity contribution in [1.29, 1.82) is 0 Å². The summed E-state index contributed by atoms with van der Waals surface area (Å²) in [6.07, 6.45) is 4.21. The van der Waals surface area contributed by atoms with Crippen molar-refractivity contribution in [3.05, 3.63) is 211 Å². The first-order chi connectivity index (χ1) is 33.3. The molecule has 0 saturated carbocycles. The molecule has 68 heavy (non-hydrogen) atoms. The van der Waals surface area contributed by atoms with Crippen LogP contribution in [0.4, 0.5) is 0 Å². The van der Waals surface area contributed by atoms with Gasteiger partial charge >= 0.3 is 0 Å². The molecule has 5 heteroatoms. The summed E-state index contributed by atoms with van der Waals surface area (Å²) in [7, 11) is 0. The number of benzene rings is 8. The number of furan rings is 1. The summed E-state index contributed by atoms with van der Waals surface area (Å²) >= 11 is 0. The van der Waals surface area contributed by atoms with E-state index in [0.717, 1.165) is 55.4 Å². The van der Waals surface area contributed by atoms with Gasteiger partial charge in [0.25, 0.3) is 0 Å². The Morgan fingerprint density at radius 2 is 1.28 bits per heavy atom. The molecule has 0 atom stereocenters. The van der Waals surface area contributed by atoms with E-state index in [1.54, 1.807) is 6.20 Å². The average Bonchev–Trinajstić information content (AvgIpc) is 4.02. The zero-order valence-electron chi connectivity index (χ0n) is 41.6. The molecule has 3 aromatic heterocycles. The predicted octanol–water partition coefficient (Wildman–Crippen LogP) is 17.3. The fraction of sp³-hybridized carbons (Fsp3) is 0.175. The monoisotopic (exact) mass is 1060 g/mol. The molecule has 0 aliphatic heterocycles. The van der Waals surface area contributed by atoms with Gasteiger partial charge in [0.15, 0.2) is 0 Å². The Labute approximate surface area is 416 Å². The quantitative estimate of drug-likeness (QED) is 0.113. The number of aromatic nitrogens is 3. The van der Waals surface area contributed by atoms with E-state index in [4.69, 9.17) is 12.1 Å². The van der Waals surface area contributed by atoms with Crippen LogP contribution in [0.25, 0.3) is 94.1 Å². The van der Waals surface area contributed by atoms with Crippen LogP contribution >= 0.6 is 0 Å². The molecule has 3 heterocycles. The van der Waals surface area contributed by atoms with Crippen molar-refractivity contribution in [3.63, 3.8) is 0 Å². The van der Waals surface area contributed by atoms with Gasteiger partial charge in [-0.25, -0.2) is 0 Å². The van der Waals surface area contributed by atoms with Crippen LogP contribution in [-0.2, 0) is 26.5 Å². The van der Waals surface area contributed by atoms with Gasteiger partial charge in [0.1, 0.15) is 5.58 Å². The van der Waals surface area contributed by atoms with Crippen molar-refractivity contribution >= 4 is 43.5 Å². The molecular weight excluding hydrogens is 1010 g/mol. The minimum absolute atomic E-state index is 0. The fourth-order valence-electron chi connectivity index (χ4n) is 9.33. The topological polar surface area (TPSA) is 43.9 Å².